The molecule has 1 aromatic heterocycles. The summed E-state index contributed by atoms with van der Waals surface area (Å²) in [5.74, 6) is 2.29. The minimum absolute atomic E-state index is 0.0347. The first-order valence-electron chi connectivity index (χ1n) is 13.5. The van der Waals surface area contributed by atoms with Gasteiger partial charge in [-0.1, -0.05) is 43.6 Å². The lowest BCUT2D eigenvalue weighted by atomic mass is 9.94. The zero-order valence-electron chi connectivity index (χ0n) is 23.8. The van der Waals surface area contributed by atoms with E-state index in [2.05, 4.69) is 24.0 Å². The number of nitrogens with zero attached hydrogens (tertiary/aromatic N) is 2. The Morgan fingerprint density at radius 3 is 2.49 bits per heavy atom. The number of carbonyl (C=O) groups excluding carboxylic acids is 1. The molecular weight excluding hydrogens is 542 g/mol. The third-order valence-electron chi connectivity index (χ3n) is 7.36. The summed E-state index contributed by atoms with van der Waals surface area (Å²) in [5.41, 5.74) is 4.44. The number of rotatable bonds is 10. The van der Waals surface area contributed by atoms with E-state index >= 15 is 0 Å². The molecule has 1 aliphatic rings. The lowest BCUT2D eigenvalue weighted by molar-refractivity contribution is 0.0730. The summed E-state index contributed by atoms with van der Waals surface area (Å²) < 4.78 is 17.1. The van der Waals surface area contributed by atoms with Crippen LogP contribution >= 0.6 is 11.6 Å². The van der Waals surface area contributed by atoms with E-state index < -0.39 is 6.04 Å². The van der Waals surface area contributed by atoms with E-state index in [9.17, 15) is 9.90 Å². The highest BCUT2D eigenvalue weighted by molar-refractivity contribution is 6.31. The number of hydrogen-bond acceptors (Lipinski definition) is 6. The molecule has 1 unspecified atom stereocenters. The fourth-order valence-corrected chi connectivity index (χ4v) is 5.24. The average molecular weight is 576 g/mol. The molecule has 1 aliphatic heterocycles. The van der Waals surface area contributed by atoms with Crippen molar-refractivity contribution in [1.82, 2.24) is 15.1 Å². The fourth-order valence-electron chi connectivity index (χ4n) is 5.07. The molecule has 3 aromatic carbocycles. The molecule has 0 bridgehead atoms. The number of halogens is 1. The second kappa shape index (κ2) is 11.7. The molecule has 1 atom stereocenters. The van der Waals surface area contributed by atoms with Crippen molar-refractivity contribution in [1.29, 1.82) is 0 Å². The van der Waals surface area contributed by atoms with Crippen LogP contribution < -0.4 is 14.2 Å². The van der Waals surface area contributed by atoms with Crippen LogP contribution in [0.15, 0.2) is 54.6 Å². The number of carbonyl (C=O) groups is 1. The second-order valence-electron chi connectivity index (χ2n) is 10.6. The summed E-state index contributed by atoms with van der Waals surface area (Å²) in [6.07, 6.45) is 0.919. The number of aromatic nitrogens is 2. The second-order valence-corrected chi connectivity index (χ2v) is 11.0. The van der Waals surface area contributed by atoms with Crippen LogP contribution in [-0.2, 0) is 6.54 Å². The van der Waals surface area contributed by atoms with E-state index in [0.29, 0.717) is 58.1 Å². The van der Waals surface area contributed by atoms with Gasteiger partial charge in [0, 0.05) is 22.7 Å². The SMILES string of the molecule is COc1ccc(CN2C(=O)c3[nH]nc(-c4cc(Cl)c(C)cc4O)c3C2c2ccc(OCCC(C)C)c(OC)c2)cc1. The molecule has 2 heterocycles. The van der Waals surface area contributed by atoms with Gasteiger partial charge in [-0.25, -0.2) is 0 Å². The Bertz CT molecular complexity index is 1560. The minimum Gasteiger partial charge on any atom is -0.507 e. The lowest BCUT2D eigenvalue weighted by Crippen LogP contribution is -2.29. The predicted molar refractivity (Wildman–Crippen MR) is 158 cm³/mol. The largest absolute Gasteiger partial charge is 0.507 e. The number of hydrogen-bond donors (Lipinski definition) is 2. The van der Waals surface area contributed by atoms with Crippen molar-refractivity contribution < 1.29 is 24.1 Å². The number of aromatic amines is 1. The Hall–Kier alpha value is -4.17. The van der Waals surface area contributed by atoms with Crippen LogP contribution in [0.2, 0.25) is 5.02 Å². The molecule has 2 N–H and O–H groups in total. The molecule has 214 valence electrons. The molecule has 8 nitrogen and oxygen atoms in total. The van der Waals surface area contributed by atoms with Crippen LogP contribution in [0.25, 0.3) is 11.3 Å². The number of H-pyrrole nitrogens is 1. The monoisotopic (exact) mass is 575 g/mol. The minimum atomic E-state index is -0.522. The van der Waals surface area contributed by atoms with Crippen molar-refractivity contribution in [3.63, 3.8) is 0 Å². The highest BCUT2D eigenvalue weighted by Gasteiger charge is 2.43. The lowest BCUT2D eigenvalue weighted by Gasteiger charge is -2.27. The number of fused-ring (bicyclic) bond motifs is 1. The van der Waals surface area contributed by atoms with Gasteiger partial charge in [-0.05, 0) is 72.4 Å². The van der Waals surface area contributed by atoms with Crippen molar-refractivity contribution in [2.24, 2.45) is 5.92 Å². The van der Waals surface area contributed by atoms with Crippen molar-refractivity contribution in [3.05, 3.63) is 87.6 Å². The molecule has 0 saturated heterocycles. The molecule has 0 fully saturated rings. The van der Waals surface area contributed by atoms with Gasteiger partial charge in [-0.2, -0.15) is 5.10 Å². The summed E-state index contributed by atoms with van der Waals surface area (Å²) in [6.45, 7) is 7.03. The highest BCUT2D eigenvalue weighted by Crippen LogP contribution is 2.47. The Morgan fingerprint density at radius 2 is 1.80 bits per heavy atom. The van der Waals surface area contributed by atoms with Gasteiger partial charge in [0.1, 0.15) is 22.9 Å². The van der Waals surface area contributed by atoms with E-state index in [1.807, 2.05) is 49.4 Å². The van der Waals surface area contributed by atoms with E-state index in [-0.39, 0.29) is 11.7 Å². The van der Waals surface area contributed by atoms with E-state index in [4.69, 9.17) is 25.8 Å². The Balaban J connectivity index is 1.61. The molecule has 0 aliphatic carbocycles. The molecule has 0 spiro atoms. The normalized spacial score (nSPS) is 14.5. The molecule has 4 aromatic rings. The van der Waals surface area contributed by atoms with Gasteiger partial charge in [0.15, 0.2) is 11.5 Å². The van der Waals surface area contributed by atoms with Gasteiger partial charge in [-0.15, -0.1) is 0 Å². The standard InChI is InChI=1S/C32H34ClN3O5/c1-18(2)12-13-41-26-11-8-21(15-27(26)40-5)31-28-29(23-16-24(33)19(3)14-25(23)37)34-35-30(28)32(38)36(31)17-20-6-9-22(39-4)10-7-20/h6-11,14-16,18,31,37H,12-13,17H2,1-5H3,(H,34,35). The van der Waals surface area contributed by atoms with Gasteiger partial charge in [0.2, 0.25) is 0 Å². The number of aryl methyl sites for hydroxylation is 1. The van der Waals surface area contributed by atoms with Crippen molar-refractivity contribution in [3.8, 4) is 34.3 Å². The van der Waals surface area contributed by atoms with Gasteiger partial charge in [-0.3, -0.25) is 9.89 Å². The summed E-state index contributed by atoms with van der Waals surface area (Å²) in [6, 6.07) is 16.1. The molecule has 0 saturated carbocycles. The van der Waals surface area contributed by atoms with Crippen LogP contribution in [0.1, 0.15) is 59.1 Å². The van der Waals surface area contributed by atoms with Crippen LogP contribution in [0.3, 0.4) is 0 Å². The molecule has 5 rings (SSSR count). The fraction of sp³-hybridized carbons (Fsp3) is 0.312. The third-order valence-corrected chi connectivity index (χ3v) is 7.77. The summed E-state index contributed by atoms with van der Waals surface area (Å²) in [4.78, 5) is 15.7. The first-order valence-corrected chi connectivity index (χ1v) is 13.9. The summed E-state index contributed by atoms with van der Waals surface area (Å²) in [5, 5.41) is 18.8. The highest BCUT2D eigenvalue weighted by atomic mass is 35.5. The Labute approximate surface area is 244 Å². The number of nitrogens with one attached hydrogen (secondary N) is 1. The first kappa shape index (κ1) is 28.4. The predicted octanol–water partition coefficient (Wildman–Crippen LogP) is 6.93. The van der Waals surface area contributed by atoms with Gasteiger partial charge < -0.3 is 24.2 Å². The zero-order chi connectivity index (χ0) is 29.3. The van der Waals surface area contributed by atoms with Crippen LogP contribution in [0.5, 0.6) is 23.0 Å². The van der Waals surface area contributed by atoms with Gasteiger partial charge in [0.05, 0.1) is 26.9 Å². The summed E-state index contributed by atoms with van der Waals surface area (Å²) >= 11 is 6.45. The number of phenolic OH excluding ortho intramolecular Hbond substituents is 1. The smallest absolute Gasteiger partial charge is 0.273 e. The number of phenols is 1. The number of aromatic hydroxyl groups is 1. The number of ether oxygens (including phenoxy) is 3. The molecule has 1 amide bonds. The quantitative estimate of drug-likeness (QED) is 0.213. The Morgan fingerprint density at radius 1 is 1.05 bits per heavy atom. The van der Waals surface area contributed by atoms with E-state index in [1.165, 1.54) is 0 Å². The van der Waals surface area contributed by atoms with Gasteiger partial charge in [0.25, 0.3) is 5.91 Å². The molecule has 9 heteroatoms. The zero-order valence-corrected chi connectivity index (χ0v) is 24.6. The van der Waals surface area contributed by atoms with E-state index in [1.54, 1.807) is 31.3 Å². The first-order chi connectivity index (χ1) is 19.7. The van der Waals surface area contributed by atoms with Crippen molar-refractivity contribution in [2.45, 2.75) is 39.8 Å². The maximum atomic E-state index is 13.9. The van der Waals surface area contributed by atoms with Crippen LogP contribution in [-0.4, -0.2) is 46.9 Å². The van der Waals surface area contributed by atoms with Gasteiger partial charge >= 0.3 is 0 Å². The van der Waals surface area contributed by atoms with Crippen molar-refractivity contribution >= 4 is 17.5 Å². The van der Waals surface area contributed by atoms with E-state index in [0.717, 1.165) is 28.9 Å². The maximum Gasteiger partial charge on any atom is 0.273 e. The molecule has 0 radical (unpaired) electrons. The topological polar surface area (TPSA) is 96.9 Å². The number of amides is 1. The van der Waals surface area contributed by atoms with Crippen LogP contribution in [0, 0.1) is 12.8 Å². The van der Waals surface area contributed by atoms with Crippen molar-refractivity contribution in [2.75, 3.05) is 20.8 Å². The summed E-state index contributed by atoms with van der Waals surface area (Å²) in [7, 11) is 3.22. The van der Waals surface area contributed by atoms with Crippen LogP contribution in [0.4, 0.5) is 0 Å². The average Bonchev–Trinajstić information content (AvgIpc) is 3.50. The maximum absolute atomic E-state index is 13.9. The molecular formula is C32H34ClN3O5. The number of benzene rings is 3. The molecule has 41 heavy (non-hydrogen) atoms. The Kier molecular flexibility index (Phi) is 8.13. The number of methoxy groups -OCH3 is 2. The third kappa shape index (κ3) is 5.57.